The maximum Gasteiger partial charge on any atom is 0.433 e. The van der Waals surface area contributed by atoms with Gasteiger partial charge in [-0.05, 0) is 73.6 Å². The van der Waals surface area contributed by atoms with E-state index >= 15 is 0 Å². The Bertz CT molecular complexity index is 1550. The van der Waals surface area contributed by atoms with Crippen molar-refractivity contribution in [2.24, 2.45) is 0 Å². The number of anilines is 1. The molecule has 4 rings (SSSR count). The number of hydrogen-bond acceptors (Lipinski definition) is 7. The predicted octanol–water partition coefficient (Wildman–Crippen LogP) is 6.24. The molecule has 12 heteroatoms. The lowest BCUT2D eigenvalue weighted by molar-refractivity contribution is -0.141. The van der Waals surface area contributed by atoms with E-state index in [2.05, 4.69) is 10.3 Å². The van der Waals surface area contributed by atoms with Gasteiger partial charge in [-0.2, -0.15) is 18.4 Å². The second-order valence-electron chi connectivity index (χ2n) is 8.50. The summed E-state index contributed by atoms with van der Waals surface area (Å²) >= 11 is 6.42. The minimum Gasteiger partial charge on any atom is -0.496 e. The number of alkyl halides is 3. The molecule has 0 spiro atoms. The van der Waals surface area contributed by atoms with Gasteiger partial charge in [0, 0.05) is 11.3 Å². The second kappa shape index (κ2) is 12.0. The molecule has 40 heavy (non-hydrogen) atoms. The van der Waals surface area contributed by atoms with E-state index in [-0.39, 0.29) is 38.6 Å². The van der Waals surface area contributed by atoms with Crippen LogP contribution in [0, 0.1) is 18.3 Å². The molecule has 0 atom stereocenters. The van der Waals surface area contributed by atoms with Crippen LogP contribution in [-0.4, -0.2) is 29.7 Å². The monoisotopic (exact) mass is 584 g/mol. The highest BCUT2D eigenvalue weighted by atomic mass is 32.2. The van der Waals surface area contributed by atoms with Gasteiger partial charge in [-0.1, -0.05) is 18.2 Å². The van der Waals surface area contributed by atoms with Crippen LogP contribution in [0.4, 0.5) is 18.9 Å². The average molecular weight is 585 g/mol. The van der Waals surface area contributed by atoms with Crippen molar-refractivity contribution in [3.8, 4) is 17.6 Å². The summed E-state index contributed by atoms with van der Waals surface area (Å²) < 4.78 is 51.1. The third-order valence-electron chi connectivity index (χ3n) is 5.85. The summed E-state index contributed by atoms with van der Waals surface area (Å²) in [5, 5.41) is 12.6. The molecule has 0 saturated carbocycles. The van der Waals surface area contributed by atoms with Gasteiger partial charge in [-0.25, -0.2) is 9.88 Å². The summed E-state index contributed by atoms with van der Waals surface area (Å²) in [6.45, 7) is 3.70. The molecule has 0 aliphatic carbocycles. The van der Waals surface area contributed by atoms with Crippen molar-refractivity contribution in [3.05, 3.63) is 82.2 Å². The molecule has 1 saturated heterocycles. The zero-order valence-corrected chi connectivity index (χ0v) is 23.3. The molecule has 206 valence electrons. The molecular weight excluding hydrogens is 561 g/mol. The van der Waals surface area contributed by atoms with Crippen LogP contribution in [0.15, 0.2) is 59.3 Å². The topological polar surface area (TPSA) is 87.5 Å². The van der Waals surface area contributed by atoms with Gasteiger partial charge in [0.05, 0.1) is 25.0 Å². The van der Waals surface area contributed by atoms with Gasteiger partial charge in [0.25, 0.3) is 5.91 Å². The molecule has 0 radical (unpaired) electrons. The Hall–Kier alpha value is -4.08. The van der Waals surface area contributed by atoms with E-state index in [1.54, 1.807) is 48.5 Å². The number of carbonyl (C=O) groups excluding carboxylic acids is 1. The molecule has 2 aromatic carbocycles. The lowest BCUT2D eigenvalue weighted by Gasteiger charge is -2.18. The highest BCUT2D eigenvalue weighted by molar-refractivity contribution is 7.98. The molecule has 1 aliphatic rings. The smallest absolute Gasteiger partial charge is 0.433 e. The van der Waals surface area contributed by atoms with Crippen molar-refractivity contribution in [1.82, 2.24) is 10.3 Å². The quantitative estimate of drug-likeness (QED) is 0.189. The van der Waals surface area contributed by atoms with Crippen LogP contribution < -0.4 is 19.7 Å². The number of nitriles is 1. The first-order chi connectivity index (χ1) is 19.1. The van der Waals surface area contributed by atoms with Gasteiger partial charge in [-0.15, -0.1) is 11.8 Å². The Morgan fingerprint density at radius 3 is 2.62 bits per heavy atom. The number of carbonyl (C=O) groups is 1. The number of methoxy groups -OCH3 is 1. The van der Waals surface area contributed by atoms with Crippen LogP contribution >= 0.6 is 24.0 Å². The third-order valence-corrected chi connectivity index (χ3v) is 7.16. The number of halogens is 3. The van der Waals surface area contributed by atoms with Crippen LogP contribution in [0.5, 0.6) is 11.5 Å². The highest BCUT2D eigenvalue weighted by Crippen LogP contribution is 2.36. The molecule has 3 aromatic rings. The molecule has 1 aliphatic heterocycles. The molecule has 1 amide bonds. The average Bonchev–Trinajstić information content (AvgIpc) is 3.19. The number of hydrogen-bond donors (Lipinski definition) is 1. The van der Waals surface area contributed by atoms with Gasteiger partial charge in [0.15, 0.2) is 5.11 Å². The Labute approximate surface area is 238 Å². The Morgan fingerprint density at radius 1 is 1.20 bits per heavy atom. The number of ether oxygens (including phenoxy) is 2. The van der Waals surface area contributed by atoms with Crippen molar-refractivity contribution in [2.45, 2.75) is 30.8 Å². The van der Waals surface area contributed by atoms with E-state index in [0.717, 1.165) is 17.8 Å². The van der Waals surface area contributed by atoms with Crippen molar-refractivity contribution < 1.29 is 27.4 Å². The van der Waals surface area contributed by atoms with Crippen molar-refractivity contribution in [2.75, 3.05) is 18.6 Å². The summed E-state index contributed by atoms with van der Waals surface area (Å²) in [5.41, 5.74) is 1.22. The number of aryl methyl sites for hydroxylation is 1. The van der Waals surface area contributed by atoms with Crippen molar-refractivity contribution in [1.29, 1.82) is 5.26 Å². The standard InChI is InChI=1S/C28H23F3N4O3S2/c1-4-38-23-8-6-5-7-21(23)35-26(36)20(33-27(35)39)13-17-9-10-22(37-3)18(12-17)15-40-25-19(14-32)16(2)11-24(34-25)28(29,30)31/h5-13H,4,15H2,1-3H3,(H,33,39)/b20-13+. The number of nitrogens with one attached hydrogen (secondary N) is 1. The minimum atomic E-state index is -4.64. The first-order valence-corrected chi connectivity index (χ1v) is 13.3. The predicted molar refractivity (Wildman–Crippen MR) is 150 cm³/mol. The number of amides is 1. The first kappa shape index (κ1) is 28.9. The molecule has 2 heterocycles. The zero-order chi connectivity index (χ0) is 29.0. The SMILES string of the molecule is CCOc1ccccc1N1C(=O)/C(=C\c2ccc(OC)c(CSc3nc(C(F)(F)F)cc(C)c3C#N)c2)NC1=S. The van der Waals surface area contributed by atoms with Crippen molar-refractivity contribution in [3.63, 3.8) is 0 Å². The van der Waals surface area contributed by atoms with E-state index in [4.69, 9.17) is 21.7 Å². The third kappa shape index (κ3) is 6.05. The number of thioether (sulfide) groups is 1. The Morgan fingerprint density at radius 2 is 1.95 bits per heavy atom. The van der Waals surface area contributed by atoms with Crippen LogP contribution in [0.25, 0.3) is 6.08 Å². The number of aromatic nitrogens is 1. The molecule has 1 fully saturated rings. The van der Waals surface area contributed by atoms with E-state index < -0.39 is 11.9 Å². The van der Waals surface area contributed by atoms with E-state index in [1.165, 1.54) is 18.9 Å². The molecule has 0 unspecified atom stereocenters. The maximum absolute atomic E-state index is 13.3. The molecule has 7 nitrogen and oxygen atoms in total. The van der Waals surface area contributed by atoms with E-state index in [0.29, 0.717) is 34.9 Å². The molecular formula is C28H23F3N4O3S2. The van der Waals surface area contributed by atoms with Crippen LogP contribution in [0.3, 0.4) is 0 Å². The normalized spacial score (nSPS) is 14.3. The van der Waals surface area contributed by atoms with E-state index in [1.807, 2.05) is 13.0 Å². The van der Waals surface area contributed by atoms with Crippen molar-refractivity contribution >= 4 is 46.8 Å². The van der Waals surface area contributed by atoms with Gasteiger partial charge < -0.3 is 14.8 Å². The summed E-state index contributed by atoms with van der Waals surface area (Å²) in [6, 6.07) is 15.1. The summed E-state index contributed by atoms with van der Waals surface area (Å²) in [6.07, 6.45) is -3.02. The summed E-state index contributed by atoms with van der Waals surface area (Å²) in [4.78, 5) is 18.4. The molecule has 1 aromatic heterocycles. The Balaban J connectivity index is 1.63. The van der Waals surface area contributed by atoms with Gasteiger partial charge in [-0.3, -0.25) is 4.79 Å². The summed E-state index contributed by atoms with van der Waals surface area (Å²) in [5.74, 6) is 0.801. The largest absolute Gasteiger partial charge is 0.496 e. The van der Waals surface area contributed by atoms with Gasteiger partial charge in [0.1, 0.15) is 34.0 Å². The number of pyridine rings is 1. The summed E-state index contributed by atoms with van der Waals surface area (Å²) in [7, 11) is 1.48. The van der Waals surface area contributed by atoms with Gasteiger partial charge in [0.2, 0.25) is 0 Å². The molecule has 0 bridgehead atoms. The van der Waals surface area contributed by atoms with E-state index in [9.17, 15) is 23.2 Å². The minimum absolute atomic E-state index is 0.0257. The molecule has 1 N–H and O–H groups in total. The number of para-hydroxylation sites is 2. The Kier molecular flexibility index (Phi) is 8.66. The lowest BCUT2D eigenvalue weighted by Crippen LogP contribution is -2.30. The fourth-order valence-corrected chi connectivity index (χ4v) is 5.34. The number of benzene rings is 2. The maximum atomic E-state index is 13.3. The second-order valence-corrected chi connectivity index (χ2v) is 9.85. The van der Waals surface area contributed by atoms with Crippen LogP contribution in [0.2, 0.25) is 0 Å². The highest BCUT2D eigenvalue weighted by Gasteiger charge is 2.35. The number of nitrogens with zero attached hydrogens (tertiary/aromatic N) is 3. The number of rotatable bonds is 8. The zero-order valence-electron chi connectivity index (χ0n) is 21.6. The van der Waals surface area contributed by atoms with Crippen LogP contribution in [0.1, 0.15) is 34.9 Å². The number of thiocarbonyl (C=S) groups is 1. The van der Waals surface area contributed by atoms with Gasteiger partial charge >= 0.3 is 6.18 Å². The fraction of sp³-hybridized carbons (Fsp3) is 0.214. The lowest BCUT2D eigenvalue weighted by atomic mass is 10.1. The fourth-order valence-electron chi connectivity index (χ4n) is 4.02. The van der Waals surface area contributed by atoms with Crippen LogP contribution in [-0.2, 0) is 16.7 Å². The first-order valence-electron chi connectivity index (χ1n) is 11.9.